The molecule has 0 aromatic heterocycles. The standard InChI is InChI=1S/C17H11ClFNO4S3/c1-27(22,23)24-14-7-2-11(18)8-10(14)9-15-16(21)20(17(25)26-15)13-5-3-12(19)4-6-13/h2-9H,1H3. The van der Waals surface area contributed by atoms with Gasteiger partial charge in [0, 0.05) is 10.6 Å². The average molecular weight is 444 g/mol. The maximum Gasteiger partial charge on any atom is 0.306 e. The van der Waals surface area contributed by atoms with Crippen LogP contribution in [0.3, 0.4) is 0 Å². The summed E-state index contributed by atoms with van der Waals surface area (Å²) in [6.45, 7) is 0. The predicted molar refractivity (Wildman–Crippen MR) is 109 cm³/mol. The quantitative estimate of drug-likeness (QED) is 0.400. The number of halogens is 2. The van der Waals surface area contributed by atoms with Gasteiger partial charge in [-0.05, 0) is 48.5 Å². The molecule has 0 saturated carbocycles. The van der Waals surface area contributed by atoms with Crippen molar-refractivity contribution in [2.45, 2.75) is 0 Å². The predicted octanol–water partition coefficient (Wildman–Crippen LogP) is 4.22. The fraction of sp³-hybridized carbons (Fsp3) is 0.0588. The highest BCUT2D eigenvalue weighted by Gasteiger charge is 2.33. The summed E-state index contributed by atoms with van der Waals surface area (Å²) in [7, 11) is -3.76. The first-order chi connectivity index (χ1) is 12.6. The zero-order chi connectivity index (χ0) is 19.8. The van der Waals surface area contributed by atoms with Crippen LogP contribution in [-0.2, 0) is 14.9 Å². The number of thioether (sulfide) groups is 1. The van der Waals surface area contributed by atoms with Crippen LogP contribution in [0.5, 0.6) is 5.75 Å². The van der Waals surface area contributed by atoms with Crippen LogP contribution in [0.25, 0.3) is 6.08 Å². The molecule has 3 rings (SSSR count). The summed E-state index contributed by atoms with van der Waals surface area (Å²) in [5, 5.41) is 0.344. The molecule has 1 heterocycles. The number of benzene rings is 2. The molecule has 1 aliphatic heterocycles. The summed E-state index contributed by atoms with van der Waals surface area (Å²) in [5.41, 5.74) is 0.744. The Morgan fingerprint density at radius 3 is 2.52 bits per heavy atom. The number of thiocarbonyl (C=S) groups is 1. The summed E-state index contributed by atoms with van der Waals surface area (Å²) >= 11 is 12.3. The highest BCUT2D eigenvalue weighted by molar-refractivity contribution is 8.27. The number of rotatable bonds is 4. The molecule has 0 aliphatic carbocycles. The zero-order valence-corrected chi connectivity index (χ0v) is 16.9. The Labute approximate surface area is 169 Å². The second kappa shape index (κ2) is 7.59. The van der Waals surface area contributed by atoms with E-state index in [0.29, 0.717) is 16.3 Å². The summed E-state index contributed by atoms with van der Waals surface area (Å²) in [6, 6.07) is 9.70. The van der Waals surface area contributed by atoms with Crippen LogP contribution in [0.15, 0.2) is 47.4 Å². The average Bonchev–Trinajstić information content (AvgIpc) is 2.84. The van der Waals surface area contributed by atoms with Gasteiger partial charge in [-0.1, -0.05) is 35.6 Å². The molecule has 2 aromatic carbocycles. The number of nitrogens with zero attached hydrogens (tertiary/aromatic N) is 1. The van der Waals surface area contributed by atoms with E-state index in [2.05, 4.69) is 0 Å². The van der Waals surface area contributed by atoms with Gasteiger partial charge in [-0.25, -0.2) is 4.39 Å². The molecule has 5 nitrogen and oxygen atoms in total. The molecule has 1 aliphatic rings. The van der Waals surface area contributed by atoms with Gasteiger partial charge >= 0.3 is 10.1 Å². The molecule has 0 unspecified atom stereocenters. The van der Waals surface area contributed by atoms with E-state index in [-0.39, 0.29) is 15.0 Å². The second-order valence-electron chi connectivity index (χ2n) is 5.46. The molecule has 2 aromatic rings. The van der Waals surface area contributed by atoms with Crippen molar-refractivity contribution in [3.05, 3.63) is 63.8 Å². The van der Waals surface area contributed by atoms with E-state index < -0.39 is 21.8 Å². The minimum atomic E-state index is -3.76. The molecule has 0 N–H and O–H groups in total. The molecular formula is C17H11ClFNO4S3. The Morgan fingerprint density at radius 2 is 1.89 bits per heavy atom. The third kappa shape index (κ3) is 4.67. The lowest BCUT2D eigenvalue weighted by Crippen LogP contribution is -2.27. The van der Waals surface area contributed by atoms with E-state index in [0.717, 1.165) is 18.0 Å². The maximum atomic E-state index is 13.1. The first kappa shape index (κ1) is 19.8. The normalized spacial score (nSPS) is 16.3. The second-order valence-corrected chi connectivity index (χ2v) is 9.15. The number of amides is 1. The van der Waals surface area contributed by atoms with E-state index in [4.69, 9.17) is 28.0 Å². The molecular weight excluding hydrogens is 433 g/mol. The summed E-state index contributed by atoms with van der Waals surface area (Å²) in [5.74, 6) is -0.808. The van der Waals surface area contributed by atoms with Gasteiger partial charge < -0.3 is 4.18 Å². The fourth-order valence-electron chi connectivity index (χ4n) is 2.29. The molecule has 1 saturated heterocycles. The van der Waals surface area contributed by atoms with Crippen LogP contribution in [0.2, 0.25) is 5.02 Å². The minimum absolute atomic E-state index is 0.0361. The number of anilines is 1. The molecule has 0 radical (unpaired) electrons. The van der Waals surface area contributed by atoms with Crippen molar-refractivity contribution in [3.63, 3.8) is 0 Å². The van der Waals surface area contributed by atoms with Crippen molar-refractivity contribution in [3.8, 4) is 5.75 Å². The Balaban J connectivity index is 1.99. The topological polar surface area (TPSA) is 63.7 Å². The lowest BCUT2D eigenvalue weighted by molar-refractivity contribution is -0.113. The molecule has 1 amide bonds. The van der Waals surface area contributed by atoms with Gasteiger partial charge in [0.25, 0.3) is 5.91 Å². The van der Waals surface area contributed by atoms with E-state index in [1.54, 1.807) is 0 Å². The van der Waals surface area contributed by atoms with Crippen LogP contribution in [0.4, 0.5) is 10.1 Å². The van der Waals surface area contributed by atoms with Gasteiger partial charge in [-0.3, -0.25) is 9.69 Å². The van der Waals surface area contributed by atoms with E-state index in [1.807, 2.05) is 0 Å². The smallest absolute Gasteiger partial charge is 0.306 e. The van der Waals surface area contributed by atoms with Crippen molar-refractivity contribution >= 4 is 67.7 Å². The molecule has 1 fully saturated rings. The highest BCUT2D eigenvalue weighted by atomic mass is 35.5. The fourth-order valence-corrected chi connectivity index (χ4v) is 4.24. The third-order valence-electron chi connectivity index (χ3n) is 3.38. The van der Waals surface area contributed by atoms with Crippen LogP contribution < -0.4 is 9.08 Å². The number of carbonyl (C=O) groups is 1. The van der Waals surface area contributed by atoms with Crippen LogP contribution in [-0.4, -0.2) is 24.9 Å². The molecule has 10 heteroatoms. The van der Waals surface area contributed by atoms with Crippen LogP contribution >= 0.6 is 35.6 Å². The van der Waals surface area contributed by atoms with Gasteiger partial charge in [0.1, 0.15) is 11.6 Å². The molecule has 0 bridgehead atoms. The Bertz CT molecular complexity index is 1070. The highest BCUT2D eigenvalue weighted by Crippen LogP contribution is 2.37. The van der Waals surface area contributed by atoms with Gasteiger partial charge in [0.2, 0.25) is 0 Å². The lowest BCUT2D eigenvalue weighted by atomic mass is 10.2. The number of hydrogen-bond donors (Lipinski definition) is 0. The van der Waals surface area contributed by atoms with Gasteiger partial charge in [0.05, 0.1) is 16.8 Å². The third-order valence-corrected chi connectivity index (χ3v) is 5.40. The van der Waals surface area contributed by atoms with Gasteiger partial charge in [-0.15, -0.1) is 0 Å². The lowest BCUT2D eigenvalue weighted by Gasteiger charge is -2.14. The number of hydrogen-bond acceptors (Lipinski definition) is 6. The maximum absolute atomic E-state index is 13.1. The van der Waals surface area contributed by atoms with Crippen molar-refractivity contribution in [2.75, 3.05) is 11.2 Å². The van der Waals surface area contributed by atoms with E-state index in [9.17, 15) is 17.6 Å². The van der Waals surface area contributed by atoms with Gasteiger partial charge in [-0.2, -0.15) is 8.42 Å². The van der Waals surface area contributed by atoms with E-state index >= 15 is 0 Å². The Kier molecular flexibility index (Phi) is 5.57. The summed E-state index contributed by atoms with van der Waals surface area (Å²) < 4.78 is 41.2. The number of carbonyl (C=O) groups excluding carboxylic acids is 1. The van der Waals surface area contributed by atoms with E-state index in [1.165, 1.54) is 53.4 Å². The molecule has 27 heavy (non-hydrogen) atoms. The van der Waals surface area contributed by atoms with Gasteiger partial charge in [0.15, 0.2) is 4.32 Å². The summed E-state index contributed by atoms with van der Waals surface area (Å²) in [4.78, 5) is 14.3. The SMILES string of the molecule is CS(=O)(=O)Oc1ccc(Cl)cc1C=C1SC(=S)N(c2ccc(F)cc2)C1=O. The Morgan fingerprint density at radius 1 is 1.22 bits per heavy atom. The van der Waals surface area contributed by atoms with Crippen LogP contribution in [0, 0.1) is 5.82 Å². The van der Waals surface area contributed by atoms with Crippen molar-refractivity contribution in [2.24, 2.45) is 0 Å². The van der Waals surface area contributed by atoms with Crippen molar-refractivity contribution in [1.82, 2.24) is 0 Å². The first-order valence-electron chi connectivity index (χ1n) is 7.36. The van der Waals surface area contributed by atoms with Crippen LogP contribution in [0.1, 0.15) is 5.56 Å². The largest absolute Gasteiger partial charge is 0.382 e. The molecule has 0 spiro atoms. The summed E-state index contributed by atoms with van der Waals surface area (Å²) in [6.07, 6.45) is 2.37. The van der Waals surface area contributed by atoms with Crippen molar-refractivity contribution in [1.29, 1.82) is 0 Å². The zero-order valence-electron chi connectivity index (χ0n) is 13.7. The molecule has 140 valence electrons. The molecule has 0 atom stereocenters. The minimum Gasteiger partial charge on any atom is -0.382 e. The van der Waals surface area contributed by atoms with Crippen molar-refractivity contribution < 1.29 is 21.8 Å². The monoisotopic (exact) mass is 443 g/mol. The Hall–Kier alpha value is -1.94. The first-order valence-corrected chi connectivity index (χ1v) is 10.8.